The molecule has 0 aliphatic heterocycles. The third-order valence-electron chi connectivity index (χ3n) is 4.42. The second-order valence-electron chi connectivity index (χ2n) is 6.02. The number of hydrogen-bond acceptors (Lipinski definition) is 3. The molecule has 3 N–H and O–H groups in total. The van der Waals surface area contributed by atoms with Crippen LogP contribution >= 0.6 is 0 Å². The van der Waals surface area contributed by atoms with Crippen molar-refractivity contribution in [1.29, 1.82) is 0 Å². The number of aryl methyl sites for hydroxylation is 2. The molecule has 0 saturated heterocycles. The highest BCUT2D eigenvalue weighted by molar-refractivity contribution is 7.89. The standard InChI is InChI=1S/C18H22N2O2S/c1-2-13-6-9-16(10-7-13)23(21,22)20-18-5-3-4-14-12-15(19)8-11-17(14)18/h6-12,18,20H,2-5,19H2,1H3. The highest BCUT2D eigenvalue weighted by Gasteiger charge is 2.25. The van der Waals surface area contributed by atoms with E-state index in [1.807, 2.05) is 37.3 Å². The first-order valence-electron chi connectivity index (χ1n) is 7.99. The molecule has 0 heterocycles. The number of sulfonamides is 1. The molecule has 2 aromatic rings. The van der Waals surface area contributed by atoms with Gasteiger partial charge in [0.2, 0.25) is 10.0 Å². The summed E-state index contributed by atoms with van der Waals surface area (Å²) in [5.74, 6) is 0. The molecule has 4 nitrogen and oxygen atoms in total. The fraction of sp³-hybridized carbons (Fsp3) is 0.333. The Bertz CT molecular complexity index is 798. The second-order valence-corrected chi connectivity index (χ2v) is 7.74. The summed E-state index contributed by atoms with van der Waals surface area (Å²) in [6, 6.07) is 12.6. The number of fused-ring (bicyclic) bond motifs is 1. The normalized spacial score (nSPS) is 17.7. The molecule has 0 aromatic heterocycles. The zero-order valence-electron chi connectivity index (χ0n) is 13.2. The fourth-order valence-electron chi connectivity index (χ4n) is 3.12. The number of nitrogens with one attached hydrogen (secondary N) is 1. The Morgan fingerprint density at radius 2 is 1.91 bits per heavy atom. The Hall–Kier alpha value is -1.85. The molecular weight excluding hydrogens is 308 g/mol. The van der Waals surface area contributed by atoms with Crippen molar-refractivity contribution < 1.29 is 8.42 Å². The van der Waals surface area contributed by atoms with Gasteiger partial charge in [-0.25, -0.2) is 13.1 Å². The number of nitrogen functional groups attached to an aromatic ring is 1. The first-order chi connectivity index (χ1) is 11.0. The van der Waals surface area contributed by atoms with Gasteiger partial charge in [-0.05, 0) is 66.6 Å². The minimum absolute atomic E-state index is 0.185. The number of anilines is 1. The SMILES string of the molecule is CCc1ccc(S(=O)(=O)NC2CCCc3cc(N)ccc32)cc1. The lowest BCUT2D eigenvalue weighted by Crippen LogP contribution is -2.31. The van der Waals surface area contributed by atoms with E-state index in [4.69, 9.17) is 5.73 Å². The Kier molecular flexibility index (Phi) is 4.41. The molecule has 1 atom stereocenters. The Balaban J connectivity index is 1.86. The van der Waals surface area contributed by atoms with Gasteiger partial charge in [0, 0.05) is 11.7 Å². The summed E-state index contributed by atoms with van der Waals surface area (Å²) in [5.41, 5.74) is 9.87. The van der Waals surface area contributed by atoms with Crippen LogP contribution in [0.4, 0.5) is 5.69 Å². The average Bonchev–Trinajstić information content (AvgIpc) is 2.54. The van der Waals surface area contributed by atoms with Crippen molar-refractivity contribution in [3.63, 3.8) is 0 Å². The topological polar surface area (TPSA) is 72.2 Å². The quantitative estimate of drug-likeness (QED) is 0.846. The van der Waals surface area contributed by atoms with E-state index in [2.05, 4.69) is 4.72 Å². The summed E-state index contributed by atoms with van der Waals surface area (Å²) in [5, 5.41) is 0. The van der Waals surface area contributed by atoms with Crippen LogP contribution in [0, 0.1) is 0 Å². The smallest absolute Gasteiger partial charge is 0.241 e. The first kappa shape index (κ1) is 16.0. The van der Waals surface area contributed by atoms with Gasteiger partial charge in [-0.15, -0.1) is 0 Å². The van der Waals surface area contributed by atoms with E-state index >= 15 is 0 Å². The zero-order valence-corrected chi connectivity index (χ0v) is 14.1. The van der Waals surface area contributed by atoms with Crippen LogP contribution < -0.4 is 10.5 Å². The van der Waals surface area contributed by atoms with E-state index in [1.165, 1.54) is 0 Å². The molecule has 1 aliphatic carbocycles. The maximum atomic E-state index is 12.6. The number of rotatable bonds is 4. The molecule has 2 aromatic carbocycles. The van der Waals surface area contributed by atoms with Gasteiger partial charge in [-0.3, -0.25) is 0 Å². The van der Waals surface area contributed by atoms with Crippen molar-refractivity contribution in [2.45, 2.75) is 43.5 Å². The molecule has 0 amide bonds. The van der Waals surface area contributed by atoms with E-state index in [9.17, 15) is 8.42 Å². The second kappa shape index (κ2) is 6.34. The van der Waals surface area contributed by atoms with Gasteiger partial charge >= 0.3 is 0 Å². The third-order valence-corrected chi connectivity index (χ3v) is 5.91. The fourth-order valence-corrected chi connectivity index (χ4v) is 4.37. The highest BCUT2D eigenvalue weighted by Crippen LogP contribution is 2.32. The highest BCUT2D eigenvalue weighted by atomic mass is 32.2. The van der Waals surface area contributed by atoms with E-state index in [1.54, 1.807) is 12.1 Å². The van der Waals surface area contributed by atoms with Gasteiger partial charge in [0.25, 0.3) is 0 Å². The van der Waals surface area contributed by atoms with Crippen molar-refractivity contribution in [3.05, 3.63) is 59.2 Å². The number of benzene rings is 2. The van der Waals surface area contributed by atoms with Crippen LogP contribution in [0.2, 0.25) is 0 Å². The molecule has 122 valence electrons. The summed E-state index contributed by atoms with van der Waals surface area (Å²) < 4.78 is 28.1. The maximum absolute atomic E-state index is 12.6. The van der Waals surface area contributed by atoms with Gasteiger partial charge in [-0.1, -0.05) is 25.1 Å². The van der Waals surface area contributed by atoms with Crippen molar-refractivity contribution in [2.75, 3.05) is 5.73 Å². The molecule has 0 spiro atoms. The predicted molar refractivity (Wildman–Crippen MR) is 92.7 cm³/mol. The monoisotopic (exact) mass is 330 g/mol. The van der Waals surface area contributed by atoms with Crippen molar-refractivity contribution >= 4 is 15.7 Å². The molecule has 0 saturated carbocycles. The minimum atomic E-state index is -3.52. The first-order valence-corrected chi connectivity index (χ1v) is 9.47. The van der Waals surface area contributed by atoms with E-state index in [-0.39, 0.29) is 6.04 Å². The molecule has 0 fully saturated rings. The van der Waals surface area contributed by atoms with Crippen LogP contribution in [-0.4, -0.2) is 8.42 Å². The Morgan fingerprint density at radius 1 is 1.17 bits per heavy atom. The van der Waals surface area contributed by atoms with E-state index < -0.39 is 10.0 Å². The van der Waals surface area contributed by atoms with Crippen molar-refractivity contribution in [1.82, 2.24) is 4.72 Å². The van der Waals surface area contributed by atoms with Crippen molar-refractivity contribution in [3.8, 4) is 0 Å². The third kappa shape index (κ3) is 3.41. The predicted octanol–water partition coefficient (Wildman–Crippen LogP) is 3.19. The Morgan fingerprint density at radius 3 is 2.61 bits per heavy atom. The van der Waals surface area contributed by atoms with Gasteiger partial charge in [0.1, 0.15) is 0 Å². The van der Waals surface area contributed by atoms with Gasteiger partial charge in [0.15, 0.2) is 0 Å². The zero-order chi connectivity index (χ0) is 16.4. The van der Waals surface area contributed by atoms with E-state index in [0.717, 1.165) is 48.1 Å². The average molecular weight is 330 g/mol. The summed E-state index contributed by atoms with van der Waals surface area (Å²) in [4.78, 5) is 0.317. The van der Waals surface area contributed by atoms with Crippen molar-refractivity contribution in [2.24, 2.45) is 0 Å². The number of nitrogens with two attached hydrogens (primary N) is 1. The summed E-state index contributed by atoms with van der Waals surface area (Å²) in [6.07, 6.45) is 3.61. The summed E-state index contributed by atoms with van der Waals surface area (Å²) >= 11 is 0. The molecule has 1 unspecified atom stereocenters. The molecule has 3 rings (SSSR count). The van der Waals surface area contributed by atoms with Crippen LogP contribution in [0.25, 0.3) is 0 Å². The van der Waals surface area contributed by atoms with Crippen LogP contribution in [0.5, 0.6) is 0 Å². The van der Waals surface area contributed by atoms with Crippen LogP contribution in [-0.2, 0) is 22.9 Å². The maximum Gasteiger partial charge on any atom is 0.241 e. The van der Waals surface area contributed by atoms with Crippen LogP contribution in [0.15, 0.2) is 47.4 Å². The van der Waals surface area contributed by atoms with E-state index in [0.29, 0.717) is 4.90 Å². The molecule has 23 heavy (non-hydrogen) atoms. The lowest BCUT2D eigenvalue weighted by atomic mass is 9.88. The lowest BCUT2D eigenvalue weighted by molar-refractivity contribution is 0.507. The largest absolute Gasteiger partial charge is 0.399 e. The summed E-state index contributed by atoms with van der Waals surface area (Å²) in [6.45, 7) is 2.05. The molecule has 0 bridgehead atoms. The minimum Gasteiger partial charge on any atom is -0.399 e. The van der Waals surface area contributed by atoms with Crippen LogP contribution in [0.1, 0.15) is 42.5 Å². The Labute approximate surface area is 137 Å². The molecule has 5 heteroatoms. The molecule has 0 radical (unpaired) electrons. The molecule has 1 aliphatic rings. The van der Waals surface area contributed by atoms with Gasteiger partial charge in [-0.2, -0.15) is 0 Å². The number of hydrogen-bond donors (Lipinski definition) is 2. The van der Waals surface area contributed by atoms with Crippen LogP contribution in [0.3, 0.4) is 0 Å². The lowest BCUT2D eigenvalue weighted by Gasteiger charge is -2.26. The van der Waals surface area contributed by atoms with Gasteiger partial charge in [0.05, 0.1) is 4.90 Å². The molecular formula is C18H22N2O2S. The van der Waals surface area contributed by atoms with Gasteiger partial charge < -0.3 is 5.73 Å². The summed E-state index contributed by atoms with van der Waals surface area (Å²) in [7, 11) is -3.52.